The number of aromatic amines is 1. The number of nitrogens with one attached hydrogen (secondary N) is 2. The number of aromatic nitrogens is 1. The number of H-pyrrole nitrogens is 1. The van der Waals surface area contributed by atoms with Crippen LogP contribution in [0.15, 0.2) is 39.4 Å². The molecule has 0 bridgehead atoms. The topological polar surface area (TPSA) is 61.3 Å². The zero-order chi connectivity index (χ0) is 17.6. The number of halogens is 1. The predicted molar refractivity (Wildman–Crippen MR) is 102 cm³/mol. The summed E-state index contributed by atoms with van der Waals surface area (Å²) >= 11 is 3.22. The first-order valence-electron chi connectivity index (χ1n) is 8.45. The molecule has 2 N–H and O–H groups in total. The largest absolute Gasteiger partial charge is 0.444 e. The minimum atomic E-state index is -0.252. The molecule has 25 heavy (non-hydrogen) atoms. The van der Waals surface area contributed by atoms with Crippen molar-refractivity contribution >= 4 is 38.4 Å². The van der Waals surface area contributed by atoms with Crippen LogP contribution in [0.4, 0.5) is 5.69 Å². The van der Waals surface area contributed by atoms with Crippen LogP contribution >= 0.6 is 15.9 Å². The van der Waals surface area contributed by atoms with Crippen molar-refractivity contribution < 1.29 is 9.21 Å². The Balaban J connectivity index is 1.64. The maximum absolute atomic E-state index is 12.3. The Bertz CT molecular complexity index is 941. The molecule has 0 unspecified atom stereocenters. The first kappa shape index (κ1) is 16.4. The van der Waals surface area contributed by atoms with Crippen molar-refractivity contribution in [3.63, 3.8) is 0 Å². The number of benzene rings is 1. The summed E-state index contributed by atoms with van der Waals surface area (Å²) in [4.78, 5) is 18.3. The van der Waals surface area contributed by atoms with Gasteiger partial charge in [-0.3, -0.25) is 9.69 Å². The molecule has 0 saturated carbocycles. The Kier molecular flexibility index (Phi) is 4.17. The van der Waals surface area contributed by atoms with E-state index in [9.17, 15) is 4.79 Å². The van der Waals surface area contributed by atoms with E-state index in [1.165, 1.54) is 16.6 Å². The van der Waals surface area contributed by atoms with Gasteiger partial charge in [0, 0.05) is 47.8 Å². The van der Waals surface area contributed by atoms with E-state index in [1.54, 1.807) is 12.1 Å². The Hall–Kier alpha value is -2.05. The van der Waals surface area contributed by atoms with Gasteiger partial charge < -0.3 is 14.7 Å². The van der Waals surface area contributed by atoms with E-state index in [0.717, 1.165) is 30.7 Å². The molecule has 0 saturated heterocycles. The molecule has 3 aromatic rings. The number of anilines is 1. The van der Waals surface area contributed by atoms with Gasteiger partial charge in [0.2, 0.25) is 0 Å². The summed E-state index contributed by atoms with van der Waals surface area (Å²) < 4.78 is 5.86. The van der Waals surface area contributed by atoms with Crippen LogP contribution in [-0.4, -0.2) is 28.4 Å². The predicted octanol–water partition coefficient (Wildman–Crippen LogP) is 4.54. The van der Waals surface area contributed by atoms with Gasteiger partial charge in [-0.1, -0.05) is 0 Å². The highest BCUT2D eigenvalue weighted by atomic mass is 79.9. The summed E-state index contributed by atoms with van der Waals surface area (Å²) in [5.74, 6) is 0.0345. The number of fused-ring (bicyclic) bond motifs is 3. The second-order valence-electron chi connectivity index (χ2n) is 6.71. The fraction of sp³-hybridized carbons (Fsp3) is 0.316. The van der Waals surface area contributed by atoms with Crippen molar-refractivity contribution in [3.8, 4) is 0 Å². The summed E-state index contributed by atoms with van der Waals surface area (Å²) in [7, 11) is 0. The normalized spacial score (nSPS) is 14.9. The lowest BCUT2D eigenvalue weighted by Gasteiger charge is -2.30. The summed E-state index contributed by atoms with van der Waals surface area (Å²) in [5.41, 5.74) is 4.54. The Morgan fingerprint density at radius 2 is 2.16 bits per heavy atom. The van der Waals surface area contributed by atoms with Crippen LogP contribution in [0.3, 0.4) is 0 Å². The van der Waals surface area contributed by atoms with Gasteiger partial charge in [-0.25, -0.2) is 0 Å². The molecule has 6 heteroatoms. The number of hydrogen-bond donors (Lipinski definition) is 2. The van der Waals surface area contributed by atoms with Crippen molar-refractivity contribution in [2.75, 3.05) is 11.9 Å². The second kappa shape index (κ2) is 6.35. The minimum absolute atomic E-state index is 0.252. The van der Waals surface area contributed by atoms with E-state index in [4.69, 9.17) is 4.42 Å². The molecular weight excluding hydrogens is 382 g/mol. The Morgan fingerprint density at radius 3 is 2.88 bits per heavy atom. The monoisotopic (exact) mass is 401 g/mol. The molecule has 130 valence electrons. The average molecular weight is 402 g/mol. The van der Waals surface area contributed by atoms with E-state index in [2.05, 4.69) is 45.0 Å². The van der Waals surface area contributed by atoms with Gasteiger partial charge in [0.25, 0.3) is 5.91 Å². The Morgan fingerprint density at radius 1 is 1.32 bits per heavy atom. The molecule has 3 heterocycles. The van der Waals surface area contributed by atoms with Gasteiger partial charge >= 0.3 is 0 Å². The van der Waals surface area contributed by atoms with Crippen LogP contribution in [0.2, 0.25) is 0 Å². The Labute approximate surface area is 154 Å². The van der Waals surface area contributed by atoms with Crippen molar-refractivity contribution in [2.24, 2.45) is 0 Å². The van der Waals surface area contributed by atoms with Gasteiger partial charge in [-0.05, 0) is 65.7 Å². The highest BCUT2D eigenvalue weighted by Crippen LogP contribution is 2.30. The molecule has 1 aliphatic heterocycles. The lowest BCUT2D eigenvalue weighted by Crippen LogP contribution is -2.35. The molecule has 5 nitrogen and oxygen atoms in total. The first-order valence-corrected chi connectivity index (χ1v) is 9.25. The molecule has 0 atom stereocenters. The standard InChI is InChI=1S/C19H20BrN3O2/c1-11(2)23-8-7-16-14(10-23)13-9-12(3-4-15(13)22-16)21-19(24)17-5-6-18(20)25-17/h3-6,9,11,22H,7-8,10H2,1-2H3,(H,21,24). The van der Waals surface area contributed by atoms with E-state index < -0.39 is 0 Å². The molecule has 0 radical (unpaired) electrons. The van der Waals surface area contributed by atoms with E-state index in [1.807, 2.05) is 18.2 Å². The molecule has 1 aromatic carbocycles. The maximum Gasteiger partial charge on any atom is 0.291 e. The van der Waals surface area contributed by atoms with Gasteiger partial charge in [0.15, 0.2) is 10.4 Å². The van der Waals surface area contributed by atoms with Gasteiger partial charge in [-0.2, -0.15) is 0 Å². The lowest BCUT2D eigenvalue weighted by molar-refractivity contribution is 0.0995. The fourth-order valence-electron chi connectivity index (χ4n) is 3.38. The third-order valence-corrected chi connectivity index (χ3v) is 5.22. The number of carbonyl (C=O) groups is 1. The molecule has 0 spiro atoms. The first-order chi connectivity index (χ1) is 12.0. The fourth-order valence-corrected chi connectivity index (χ4v) is 3.69. The summed E-state index contributed by atoms with van der Waals surface area (Å²) in [6.07, 6.45) is 1.03. The SMILES string of the molecule is CC(C)N1CCc2[nH]c3ccc(NC(=O)c4ccc(Br)o4)cc3c2C1. The highest BCUT2D eigenvalue weighted by molar-refractivity contribution is 9.10. The van der Waals surface area contributed by atoms with Crippen LogP contribution in [-0.2, 0) is 13.0 Å². The zero-order valence-corrected chi connectivity index (χ0v) is 15.8. The lowest BCUT2D eigenvalue weighted by atomic mass is 10.0. The van der Waals surface area contributed by atoms with Gasteiger partial charge in [-0.15, -0.1) is 0 Å². The third-order valence-electron chi connectivity index (χ3n) is 4.79. The van der Waals surface area contributed by atoms with Gasteiger partial charge in [0.05, 0.1) is 0 Å². The van der Waals surface area contributed by atoms with Crippen molar-refractivity contribution in [3.05, 3.63) is 52.0 Å². The van der Waals surface area contributed by atoms with E-state index in [0.29, 0.717) is 10.7 Å². The molecule has 0 fully saturated rings. The third kappa shape index (κ3) is 3.12. The number of hydrogen-bond acceptors (Lipinski definition) is 3. The van der Waals surface area contributed by atoms with Gasteiger partial charge in [0.1, 0.15) is 0 Å². The van der Waals surface area contributed by atoms with Crippen molar-refractivity contribution in [1.82, 2.24) is 9.88 Å². The van der Waals surface area contributed by atoms with Crippen molar-refractivity contribution in [2.45, 2.75) is 32.9 Å². The van der Waals surface area contributed by atoms with Crippen LogP contribution in [0.1, 0.15) is 35.7 Å². The maximum atomic E-state index is 12.3. The molecule has 1 amide bonds. The quantitative estimate of drug-likeness (QED) is 0.676. The van der Waals surface area contributed by atoms with Crippen molar-refractivity contribution in [1.29, 1.82) is 0 Å². The van der Waals surface area contributed by atoms with Crippen LogP contribution in [0.25, 0.3) is 10.9 Å². The number of amides is 1. The van der Waals surface area contributed by atoms with Crippen LogP contribution in [0.5, 0.6) is 0 Å². The molecule has 1 aliphatic rings. The average Bonchev–Trinajstić information content (AvgIpc) is 3.17. The molecular formula is C19H20BrN3O2. The highest BCUT2D eigenvalue weighted by Gasteiger charge is 2.22. The summed E-state index contributed by atoms with van der Waals surface area (Å²) in [6, 6.07) is 9.88. The zero-order valence-electron chi connectivity index (χ0n) is 14.2. The van der Waals surface area contributed by atoms with E-state index >= 15 is 0 Å². The van der Waals surface area contributed by atoms with Crippen LogP contribution in [0, 0.1) is 0 Å². The number of furan rings is 1. The number of carbonyl (C=O) groups excluding carboxylic acids is 1. The smallest absolute Gasteiger partial charge is 0.291 e. The van der Waals surface area contributed by atoms with E-state index in [-0.39, 0.29) is 11.7 Å². The minimum Gasteiger partial charge on any atom is -0.444 e. The van der Waals surface area contributed by atoms with Crippen LogP contribution < -0.4 is 5.32 Å². The number of nitrogens with zero attached hydrogens (tertiary/aromatic N) is 1. The molecule has 2 aromatic heterocycles. The molecule has 0 aliphatic carbocycles. The summed E-state index contributed by atoms with van der Waals surface area (Å²) in [5, 5.41) is 4.09. The number of rotatable bonds is 3. The molecule has 4 rings (SSSR count). The second-order valence-corrected chi connectivity index (χ2v) is 7.50. The summed E-state index contributed by atoms with van der Waals surface area (Å²) in [6.45, 7) is 6.48.